The van der Waals surface area contributed by atoms with Crippen LogP contribution in [0.25, 0.3) is 99.4 Å². The molecule has 316 valence electrons. The lowest BCUT2D eigenvalue weighted by molar-refractivity contribution is 1.26. The maximum Gasteiger partial charge on any atom is 0.0464 e. The molecule has 0 aliphatic carbocycles. The third kappa shape index (κ3) is 7.13. The van der Waals surface area contributed by atoms with Crippen LogP contribution in [0.3, 0.4) is 0 Å². The predicted octanol–water partition coefficient (Wildman–Crippen LogP) is 18.7. The van der Waals surface area contributed by atoms with E-state index in [4.69, 9.17) is 0 Å². The van der Waals surface area contributed by atoms with Crippen molar-refractivity contribution in [3.63, 3.8) is 0 Å². The van der Waals surface area contributed by atoms with Gasteiger partial charge in [-0.05, 0) is 160 Å². The van der Waals surface area contributed by atoms with Crippen LogP contribution in [0, 0.1) is 13.8 Å². The molecule has 0 heterocycles. The molecule has 0 bridgehead atoms. The fourth-order valence-corrected chi connectivity index (χ4v) is 10.5. The van der Waals surface area contributed by atoms with E-state index in [1.165, 1.54) is 109 Å². The Morgan fingerprint density at radius 3 is 1.25 bits per heavy atom. The highest BCUT2D eigenvalue weighted by Gasteiger charge is 2.20. The van der Waals surface area contributed by atoms with Crippen LogP contribution < -0.4 is 4.90 Å². The monoisotopic (exact) mass is 853 g/mol. The lowest BCUT2D eigenvalue weighted by Crippen LogP contribution is -2.10. The molecule has 0 spiro atoms. The molecule has 12 aromatic carbocycles. The topological polar surface area (TPSA) is 3.24 Å². The van der Waals surface area contributed by atoms with Gasteiger partial charge in [0.05, 0.1) is 0 Å². The zero-order chi connectivity index (χ0) is 44.8. The molecule has 0 aromatic heterocycles. The van der Waals surface area contributed by atoms with Crippen LogP contribution in [0.1, 0.15) is 22.3 Å². The summed E-state index contributed by atoms with van der Waals surface area (Å²) in [6.45, 7) is 4.32. The van der Waals surface area contributed by atoms with Gasteiger partial charge in [-0.15, -0.1) is 0 Å². The van der Waals surface area contributed by atoms with E-state index in [0.717, 1.165) is 17.1 Å². The van der Waals surface area contributed by atoms with E-state index >= 15 is 0 Å². The Morgan fingerprint density at radius 1 is 0.284 bits per heavy atom. The molecule has 0 aliphatic rings. The van der Waals surface area contributed by atoms with Crippen LogP contribution in [0.5, 0.6) is 0 Å². The third-order valence-electron chi connectivity index (χ3n) is 13.6. The van der Waals surface area contributed by atoms with Gasteiger partial charge in [0.2, 0.25) is 0 Å². The molecule has 0 fully saturated rings. The van der Waals surface area contributed by atoms with Gasteiger partial charge in [-0.1, -0.05) is 212 Å². The molecule has 0 unspecified atom stereocenters. The van der Waals surface area contributed by atoms with Gasteiger partial charge < -0.3 is 4.90 Å². The van der Waals surface area contributed by atoms with Crippen molar-refractivity contribution in [1.82, 2.24) is 0 Å². The van der Waals surface area contributed by atoms with Gasteiger partial charge >= 0.3 is 0 Å². The number of hydrogen-bond donors (Lipinski definition) is 0. The lowest BCUT2D eigenvalue weighted by Gasteiger charge is -2.26. The fraction of sp³-hybridized carbons (Fsp3) is 0.0303. The summed E-state index contributed by atoms with van der Waals surface area (Å²) < 4.78 is 0. The van der Waals surface area contributed by atoms with Gasteiger partial charge in [0.25, 0.3) is 0 Å². The first-order valence-electron chi connectivity index (χ1n) is 23.2. The van der Waals surface area contributed by atoms with Crippen molar-refractivity contribution < 1.29 is 0 Å². The minimum Gasteiger partial charge on any atom is -0.310 e. The third-order valence-corrected chi connectivity index (χ3v) is 13.6. The van der Waals surface area contributed by atoms with Crippen LogP contribution in [-0.4, -0.2) is 0 Å². The van der Waals surface area contributed by atoms with Gasteiger partial charge in [-0.25, -0.2) is 0 Å². The number of hydrogen-bond acceptors (Lipinski definition) is 1. The Morgan fingerprint density at radius 2 is 0.701 bits per heavy atom. The summed E-state index contributed by atoms with van der Waals surface area (Å²) in [5.74, 6) is 0. The lowest BCUT2D eigenvalue weighted by atomic mass is 9.84. The van der Waals surface area contributed by atoms with E-state index < -0.39 is 0 Å². The zero-order valence-electron chi connectivity index (χ0n) is 37.6. The Hall–Kier alpha value is -8.52. The fourth-order valence-electron chi connectivity index (χ4n) is 10.5. The van der Waals surface area contributed by atoms with Crippen molar-refractivity contribution in [2.24, 2.45) is 0 Å². The van der Waals surface area contributed by atoms with Crippen LogP contribution in [0.15, 0.2) is 237 Å². The van der Waals surface area contributed by atoms with Crippen molar-refractivity contribution in [1.29, 1.82) is 0 Å². The summed E-state index contributed by atoms with van der Waals surface area (Å²) in [7, 11) is 0. The molecule has 12 aromatic rings. The Bertz CT molecular complexity index is 3780. The standard InChI is InChI=1S/C66H47N/c1-44-16-13-20-51(42-44)67(52-21-14-17-45(2)43-52)50-38-34-49(35-39-50)65-60-27-9-11-29-62(60)66(63-30-12-10-28-61(63)65)64-41-37-48(55-24-6-8-26-58(55)64)33-32-47-36-40-59(56-25-7-5-23-54(47)56)57-31-15-19-46-18-3-4-22-53(46)57/h3-43H,1-2H3/b33-32+. The van der Waals surface area contributed by atoms with E-state index in [0.29, 0.717) is 0 Å². The predicted molar refractivity (Wildman–Crippen MR) is 290 cm³/mol. The minimum absolute atomic E-state index is 1.12. The van der Waals surface area contributed by atoms with Crippen LogP contribution in [0.2, 0.25) is 0 Å². The maximum absolute atomic E-state index is 2.36. The first kappa shape index (κ1) is 40.0. The second-order valence-electron chi connectivity index (χ2n) is 17.8. The van der Waals surface area contributed by atoms with Crippen molar-refractivity contribution >= 4 is 83.1 Å². The van der Waals surface area contributed by atoms with Gasteiger partial charge in [0, 0.05) is 17.1 Å². The highest BCUT2D eigenvalue weighted by atomic mass is 15.1. The van der Waals surface area contributed by atoms with Crippen molar-refractivity contribution in [2.75, 3.05) is 4.90 Å². The highest BCUT2D eigenvalue weighted by Crippen LogP contribution is 2.47. The molecule has 0 N–H and O–H groups in total. The first-order chi connectivity index (χ1) is 33.1. The molecular formula is C66H47N. The molecule has 0 saturated heterocycles. The van der Waals surface area contributed by atoms with Gasteiger partial charge in [0.15, 0.2) is 0 Å². The minimum atomic E-state index is 1.12. The molecule has 0 atom stereocenters. The summed E-state index contributed by atoms with van der Waals surface area (Å²) in [5, 5.41) is 12.5. The second kappa shape index (κ2) is 16.8. The van der Waals surface area contributed by atoms with Gasteiger partial charge in [-0.2, -0.15) is 0 Å². The van der Waals surface area contributed by atoms with E-state index in [2.05, 4.69) is 267 Å². The summed E-state index contributed by atoms with van der Waals surface area (Å²) in [6, 6.07) is 86.9. The average Bonchev–Trinajstić information content (AvgIpc) is 3.37. The maximum atomic E-state index is 2.36. The van der Waals surface area contributed by atoms with E-state index in [1.54, 1.807) is 0 Å². The summed E-state index contributed by atoms with van der Waals surface area (Å²) in [5.41, 5.74) is 15.7. The highest BCUT2D eigenvalue weighted by molar-refractivity contribution is 6.24. The Kier molecular flexibility index (Phi) is 10.0. The molecule has 67 heavy (non-hydrogen) atoms. The second-order valence-corrected chi connectivity index (χ2v) is 17.8. The van der Waals surface area contributed by atoms with Crippen LogP contribution in [-0.2, 0) is 0 Å². The first-order valence-corrected chi connectivity index (χ1v) is 23.2. The smallest absolute Gasteiger partial charge is 0.0464 e. The number of nitrogens with zero attached hydrogens (tertiary/aromatic N) is 1. The molecule has 0 saturated carbocycles. The number of benzene rings is 12. The quantitative estimate of drug-likeness (QED) is 0.109. The molecule has 0 aliphatic heterocycles. The molecular weight excluding hydrogens is 807 g/mol. The van der Waals surface area contributed by atoms with E-state index in [1.807, 2.05) is 0 Å². The Labute approximate surface area is 392 Å². The van der Waals surface area contributed by atoms with Gasteiger partial charge in [0.1, 0.15) is 0 Å². The van der Waals surface area contributed by atoms with Crippen molar-refractivity contribution in [3.05, 3.63) is 259 Å². The number of rotatable bonds is 8. The number of aryl methyl sites for hydroxylation is 2. The molecule has 1 heteroatoms. The normalized spacial score (nSPS) is 11.7. The SMILES string of the molecule is Cc1cccc(N(c2ccc(-c3c4ccccc4c(-c4ccc(/C=C/c5ccc(-c6cccc7ccccc67)c6ccccc56)c5ccccc45)c4ccccc34)cc2)c2cccc(C)c2)c1. The molecule has 12 rings (SSSR count). The summed E-state index contributed by atoms with van der Waals surface area (Å²) in [6.07, 6.45) is 4.59. The average molecular weight is 854 g/mol. The number of anilines is 3. The van der Waals surface area contributed by atoms with E-state index in [9.17, 15) is 0 Å². The van der Waals surface area contributed by atoms with E-state index in [-0.39, 0.29) is 0 Å². The summed E-state index contributed by atoms with van der Waals surface area (Å²) in [4.78, 5) is 2.36. The molecule has 0 amide bonds. The summed E-state index contributed by atoms with van der Waals surface area (Å²) >= 11 is 0. The zero-order valence-corrected chi connectivity index (χ0v) is 37.6. The Balaban J connectivity index is 0.962. The van der Waals surface area contributed by atoms with Crippen molar-refractivity contribution in [2.45, 2.75) is 13.8 Å². The van der Waals surface area contributed by atoms with Crippen molar-refractivity contribution in [3.8, 4) is 33.4 Å². The van der Waals surface area contributed by atoms with Crippen LogP contribution >= 0.6 is 0 Å². The van der Waals surface area contributed by atoms with Crippen LogP contribution in [0.4, 0.5) is 17.1 Å². The number of fused-ring (bicyclic) bond motifs is 5. The molecule has 0 radical (unpaired) electrons. The van der Waals surface area contributed by atoms with Gasteiger partial charge in [-0.3, -0.25) is 0 Å². The molecule has 1 nitrogen and oxygen atoms in total. The largest absolute Gasteiger partial charge is 0.310 e.